The lowest BCUT2D eigenvalue weighted by Crippen LogP contribution is -2.10. The third-order valence-electron chi connectivity index (χ3n) is 5.75. The third kappa shape index (κ3) is 2.84. The molecular formula is C24H21N7. The lowest BCUT2D eigenvalue weighted by Gasteiger charge is -2.16. The Balaban J connectivity index is 1.80. The quantitative estimate of drug-likeness (QED) is 0.477. The smallest absolute Gasteiger partial charge is 0.164 e. The highest BCUT2D eigenvalue weighted by atomic mass is 15.3. The number of nitrogens with two attached hydrogens (primary N) is 1. The second-order valence-electron chi connectivity index (χ2n) is 7.48. The summed E-state index contributed by atoms with van der Waals surface area (Å²) in [6.07, 6.45) is 4.23. The summed E-state index contributed by atoms with van der Waals surface area (Å²) in [5, 5.41) is 15.4. The van der Waals surface area contributed by atoms with Gasteiger partial charge in [-0.15, -0.1) is 0 Å². The number of aryl methyl sites for hydroxylation is 1. The molecular weight excluding hydrogens is 386 g/mol. The molecule has 0 saturated heterocycles. The molecule has 5 aromatic rings. The number of nitrogen functional groups attached to an aromatic ring is 1. The van der Waals surface area contributed by atoms with Crippen LogP contribution in [0.1, 0.15) is 36.7 Å². The number of nitrogens with zero attached hydrogens (tertiary/aromatic N) is 6. The summed E-state index contributed by atoms with van der Waals surface area (Å²) in [4.78, 5) is 8.65. The van der Waals surface area contributed by atoms with Crippen molar-refractivity contribution >= 4 is 22.4 Å². The Bertz CT molecular complexity index is 1470. The first-order valence-electron chi connectivity index (χ1n) is 10.2. The van der Waals surface area contributed by atoms with Crippen molar-refractivity contribution < 1.29 is 0 Å². The highest BCUT2D eigenvalue weighted by Gasteiger charge is 2.24. The molecule has 4 heterocycles. The standard InChI is InChI=1S/C24H21N7/c1-3-20-21-23(26)27-14-28-24(21)31(29-20)15(2)19-12-17-9-6-7-11-30(17)22(19)18-10-5-4-8-16(18)13-25/h4-12,14-15H,3H2,1-2H3,(H2,26,27,28). The van der Waals surface area contributed by atoms with Crippen molar-refractivity contribution in [2.75, 3.05) is 5.73 Å². The largest absolute Gasteiger partial charge is 0.383 e. The molecule has 0 radical (unpaired) electrons. The van der Waals surface area contributed by atoms with Gasteiger partial charge in [0.15, 0.2) is 5.65 Å². The molecule has 1 unspecified atom stereocenters. The minimum atomic E-state index is -0.140. The molecule has 0 aliphatic rings. The number of hydrogen-bond donors (Lipinski definition) is 1. The Morgan fingerprint density at radius 3 is 2.74 bits per heavy atom. The molecule has 0 amide bonds. The van der Waals surface area contributed by atoms with E-state index in [2.05, 4.69) is 39.5 Å². The lowest BCUT2D eigenvalue weighted by atomic mass is 9.99. The van der Waals surface area contributed by atoms with Gasteiger partial charge in [0.1, 0.15) is 12.1 Å². The Labute approximate surface area is 179 Å². The van der Waals surface area contributed by atoms with E-state index in [0.29, 0.717) is 17.0 Å². The zero-order chi connectivity index (χ0) is 21.5. The fraction of sp³-hybridized carbons (Fsp3) is 0.167. The number of anilines is 1. The summed E-state index contributed by atoms with van der Waals surface area (Å²) in [6, 6.07) is 18.1. The second-order valence-corrected chi connectivity index (χ2v) is 7.48. The first-order chi connectivity index (χ1) is 15.1. The van der Waals surface area contributed by atoms with E-state index in [1.807, 2.05) is 54.2 Å². The molecule has 31 heavy (non-hydrogen) atoms. The van der Waals surface area contributed by atoms with Crippen molar-refractivity contribution in [3.05, 3.63) is 77.9 Å². The van der Waals surface area contributed by atoms with Gasteiger partial charge in [0.2, 0.25) is 0 Å². The molecule has 2 N–H and O–H groups in total. The van der Waals surface area contributed by atoms with Gasteiger partial charge in [-0.05, 0) is 37.6 Å². The molecule has 1 aromatic carbocycles. The number of hydrogen-bond acceptors (Lipinski definition) is 5. The van der Waals surface area contributed by atoms with Gasteiger partial charge in [0.05, 0.1) is 34.4 Å². The molecule has 7 heteroatoms. The Morgan fingerprint density at radius 2 is 1.94 bits per heavy atom. The van der Waals surface area contributed by atoms with E-state index in [-0.39, 0.29) is 6.04 Å². The van der Waals surface area contributed by atoms with E-state index < -0.39 is 0 Å². The predicted octanol–water partition coefficient (Wildman–Crippen LogP) is 4.37. The SMILES string of the molecule is CCc1nn(C(C)c2cc3ccccn3c2-c2ccccc2C#N)c2ncnc(N)c12. The molecule has 4 aromatic heterocycles. The average Bonchev–Trinajstić information content (AvgIpc) is 3.38. The lowest BCUT2D eigenvalue weighted by molar-refractivity contribution is 0.573. The van der Waals surface area contributed by atoms with Gasteiger partial charge in [-0.3, -0.25) is 0 Å². The minimum absolute atomic E-state index is 0.140. The van der Waals surface area contributed by atoms with E-state index in [4.69, 9.17) is 10.8 Å². The number of fused-ring (bicyclic) bond motifs is 2. The summed E-state index contributed by atoms with van der Waals surface area (Å²) >= 11 is 0. The summed E-state index contributed by atoms with van der Waals surface area (Å²) in [5.41, 5.74) is 12.4. The maximum Gasteiger partial charge on any atom is 0.164 e. The molecule has 7 nitrogen and oxygen atoms in total. The summed E-state index contributed by atoms with van der Waals surface area (Å²) < 4.78 is 4.04. The maximum atomic E-state index is 9.74. The van der Waals surface area contributed by atoms with Crippen LogP contribution in [0, 0.1) is 11.3 Å². The molecule has 5 rings (SSSR count). The van der Waals surface area contributed by atoms with E-state index >= 15 is 0 Å². The fourth-order valence-electron chi connectivity index (χ4n) is 4.25. The van der Waals surface area contributed by atoms with Gasteiger partial charge >= 0.3 is 0 Å². The first kappa shape index (κ1) is 18.8. The van der Waals surface area contributed by atoms with Crippen LogP contribution in [0.3, 0.4) is 0 Å². The first-order valence-corrected chi connectivity index (χ1v) is 10.2. The van der Waals surface area contributed by atoms with Crippen LogP contribution in [0.15, 0.2) is 61.1 Å². The molecule has 0 spiro atoms. The molecule has 0 aliphatic heterocycles. The maximum absolute atomic E-state index is 9.74. The predicted molar refractivity (Wildman–Crippen MR) is 120 cm³/mol. The number of pyridine rings is 1. The van der Waals surface area contributed by atoms with Crippen molar-refractivity contribution in [1.29, 1.82) is 5.26 Å². The minimum Gasteiger partial charge on any atom is -0.383 e. The van der Waals surface area contributed by atoms with Gasteiger partial charge in [-0.2, -0.15) is 10.4 Å². The topological polar surface area (TPSA) is 97.8 Å². The number of rotatable bonds is 4. The summed E-state index contributed by atoms with van der Waals surface area (Å²) in [5.74, 6) is 0.442. The second kappa shape index (κ2) is 7.26. The van der Waals surface area contributed by atoms with Gasteiger partial charge in [0.25, 0.3) is 0 Å². The van der Waals surface area contributed by atoms with Crippen LogP contribution in [0.2, 0.25) is 0 Å². The normalized spacial score (nSPS) is 12.3. The van der Waals surface area contributed by atoms with E-state index in [1.54, 1.807) is 0 Å². The number of benzene rings is 1. The highest BCUT2D eigenvalue weighted by Crippen LogP contribution is 2.36. The highest BCUT2D eigenvalue weighted by molar-refractivity contribution is 5.88. The van der Waals surface area contributed by atoms with Crippen molar-refractivity contribution in [2.45, 2.75) is 26.3 Å². The Morgan fingerprint density at radius 1 is 1.13 bits per heavy atom. The molecule has 1 atom stereocenters. The average molecular weight is 407 g/mol. The van der Waals surface area contributed by atoms with Crippen molar-refractivity contribution in [1.82, 2.24) is 24.1 Å². The fourth-order valence-corrected chi connectivity index (χ4v) is 4.25. The molecule has 0 aliphatic carbocycles. The van der Waals surface area contributed by atoms with Crippen LogP contribution in [-0.4, -0.2) is 24.1 Å². The molecule has 0 saturated carbocycles. The summed E-state index contributed by atoms with van der Waals surface area (Å²) in [6.45, 7) is 4.14. The van der Waals surface area contributed by atoms with Gasteiger partial charge in [-0.1, -0.05) is 31.2 Å². The molecule has 0 fully saturated rings. The van der Waals surface area contributed by atoms with Crippen LogP contribution in [0.25, 0.3) is 27.8 Å². The Hall–Kier alpha value is -4.18. The van der Waals surface area contributed by atoms with Gasteiger partial charge in [0, 0.05) is 22.8 Å². The van der Waals surface area contributed by atoms with Gasteiger partial charge in [-0.25, -0.2) is 14.6 Å². The van der Waals surface area contributed by atoms with Gasteiger partial charge < -0.3 is 10.1 Å². The van der Waals surface area contributed by atoms with Crippen LogP contribution in [0.5, 0.6) is 0 Å². The van der Waals surface area contributed by atoms with Crippen LogP contribution < -0.4 is 5.73 Å². The van der Waals surface area contributed by atoms with E-state index in [0.717, 1.165) is 39.8 Å². The van der Waals surface area contributed by atoms with Crippen molar-refractivity contribution in [3.8, 4) is 17.3 Å². The summed E-state index contributed by atoms with van der Waals surface area (Å²) in [7, 11) is 0. The number of aromatic nitrogens is 5. The zero-order valence-electron chi connectivity index (χ0n) is 17.3. The van der Waals surface area contributed by atoms with E-state index in [1.165, 1.54) is 6.33 Å². The van der Waals surface area contributed by atoms with E-state index in [9.17, 15) is 5.26 Å². The molecule has 0 bridgehead atoms. The zero-order valence-corrected chi connectivity index (χ0v) is 17.3. The monoisotopic (exact) mass is 407 g/mol. The van der Waals surface area contributed by atoms with Crippen LogP contribution in [0.4, 0.5) is 5.82 Å². The van der Waals surface area contributed by atoms with Crippen LogP contribution >= 0.6 is 0 Å². The third-order valence-corrected chi connectivity index (χ3v) is 5.75. The Kier molecular flexibility index (Phi) is 4.41. The van der Waals surface area contributed by atoms with Crippen LogP contribution in [-0.2, 0) is 6.42 Å². The number of nitriles is 1. The van der Waals surface area contributed by atoms with Crippen molar-refractivity contribution in [3.63, 3.8) is 0 Å². The molecule has 152 valence electrons. The van der Waals surface area contributed by atoms with Crippen molar-refractivity contribution in [2.24, 2.45) is 0 Å².